The Kier molecular flexibility index (Phi) is 6.07. The van der Waals surface area contributed by atoms with Crippen LogP contribution in [0.25, 0.3) is 16.9 Å². The molecule has 0 aliphatic rings. The van der Waals surface area contributed by atoms with Crippen molar-refractivity contribution in [2.75, 3.05) is 11.6 Å². The number of benzene rings is 2. The summed E-state index contributed by atoms with van der Waals surface area (Å²) in [6.45, 7) is 1.83. The van der Waals surface area contributed by atoms with Gasteiger partial charge < -0.3 is 0 Å². The summed E-state index contributed by atoms with van der Waals surface area (Å²) in [6.07, 6.45) is -1.88. The fourth-order valence-electron chi connectivity index (χ4n) is 3.06. The van der Waals surface area contributed by atoms with Crippen LogP contribution in [0.3, 0.4) is 0 Å². The molecule has 5 nitrogen and oxygen atoms in total. The average molecular weight is 475 g/mol. The number of anilines is 1. The third kappa shape index (κ3) is 4.56. The number of halogens is 3. The first-order valence-corrected chi connectivity index (χ1v) is 11.5. The standard InChI is InChI=1S/C22H17F3N4OS2/c1-13-3-7-15(8-4-13)29-19(22(23,24)25)17(11-26-29)20(30)28-21-27-18(12-32-21)14-5-9-16(31-2)10-6-14/h3-12H,1-2H3,(H,27,28,30). The first-order valence-electron chi connectivity index (χ1n) is 9.40. The normalized spacial score (nSPS) is 11.5. The number of thiazole rings is 1. The zero-order valence-electron chi connectivity index (χ0n) is 17.0. The highest BCUT2D eigenvalue weighted by molar-refractivity contribution is 7.98. The van der Waals surface area contributed by atoms with Crippen LogP contribution in [0.1, 0.15) is 21.6 Å². The largest absolute Gasteiger partial charge is 0.434 e. The van der Waals surface area contributed by atoms with Gasteiger partial charge in [0.15, 0.2) is 10.8 Å². The van der Waals surface area contributed by atoms with Gasteiger partial charge in [-0.05, 0) is 37.4 Å². The molecule has 0 atom stereocenters. The Balaban J connectivity index is 1.61. The highest BCUT2D eigenvalue weighted by Gasteiger charge is 2.40. The van der Waals surface area contributed by atoms with Gasteiger partial charge in [-0.3, -0.25) is 10.1 Å². The summed E-state index contributed by atoms with van der Waals surface area (Å²) < 4.78 is 42.2. The van der Waals surface area contributed by atoms with E-state index in [-0.39, 0.29) is 10.8 Å². The van der Waals surface area contributed by atoms with E-state index >= 15 is 0 Å². The molecule has 1 N–H and O–H groups in total. The van der Waals surface area contributed by atoms with Crippen LogP contribution in [0.4, 0.5) is 18.3 Å². The number of thioether (sulfide) groups is 1. The number of hydrogen-bond acceptors (Lipinski definition) is 5. The zero-order chi connectivity index (χ0) is 22.9. The van der Waals surface area contributed by atoms with Gasteiger partial charge in [0.2, 0.25) is 0 Å². The molecule has 0 saturated heterocycles. The Bertz CT molecular complexity index is 1250. The number of carbonyl (C=O) groups excluding carboxylic acids is 1. The summed E-state index contributed by atoms with van der Waals surface area (Å²) in [7, 11) is 0. The highest BCUT2D eigenvalue weighted by Crippen LogP contribution is 2.34. The molecule has 4 aromatic rings. The van der Waals surface area contributed by atoms with Gasteiger partial charge >= 0.3 is 6.18 Å². The van der Waals surface area contributed by atoms with E-state index in [1.807, 2.05) is 37.4 Å². The monoisotopic (exact) mass is 474 g/mol. The molecule has 2 aromatic carbocycles. The molecule has 0 radical (unpaired) electrons. The lowest BCUT2D eigenvalue weighted by atomic mass is 10.2. The van der Waals surface area contributed by atoms with E-state index in [9.17, 15) is 18.0 Å². The third-order valence-electron chi connectivity index (χ3n) is 4.67. The lowest BCUT2D eigenvalue weighted by Crippen LogP contribution is -2.20. The summed E-state index contributed by atoms with van der Waals surface area (Å²) in [5.74, 6) is -0.922. The fourth-order valence-corrected chi connectivity index (χ4v) is 4.18. The van der Waals surface area contributed by atoms with E-state index in [1.54, 1.807) is 29.3 Å². The van der Waals surface area contributed by atoms with Crippen molar-refractivity contribution in [3.05, 3.63) is 76.9 Å². The van der Waals surface area contributed by atoms with Crippen molar-refractivity contribution in [3.63, 3.8) is 0 Å². The van der Waals surface area contributed by atoms with Crippen molar-refractivity contribution < 1.29 is 18.0 Å². The SMILES string of the molecule is CSc1ccc(-c2csc(NC(=O)c3cnn(-c4ccc(C)cc4)c3C(F)(F)F)n2)cc1. The number of rotatable bonds is 5. The Hall–Kier alpha value is -3.11. The molecule has 10 heteroatoms. The fraction of sp³-hybridized carbons (Fsp3) is 0.136. The van der Waals surface area contributed by atoms with Gasteiger partial charge in [0.1, 0.15) is 0 Å². The molecule has 2 heterocycles. The van der Waals surface area contributed by atoms with Crippen molar-refractivity contribution >= 4 is 34.1 Å². The minimum atomic E-state index is -4.78. The Morgan fingerprint density at radius 1 is 1.09 bits per heavy atom. The smallest absolute Gasteiger partial charge is 0.298 e. The molecular formula is C22H17F3N4OS2. The highest BCUT2D eigenvalue weighted by atomic mass is 32.2. The van der Waals surface area contributed by atoms with Crippen LogP contribution in [-0.4, -0.2) is 26.9 Å². The number of nitrogens with zero attached hydrogens (tertiary/aromatic N) is 3. The molecule has 4 rings (SSSR count). The Morgan fingerprint density at radius 2 is 1.78 bits per heavy atom. The van der Waals surface area contributed by atoms with Crippen molar-refractivity contribution in [1.29, 1.82) is 0 Å². The van der Waals surface area contributed by atoms with Gasteiger partial charge in [-0.15, -0.1) is 23.1 Å². The number of aryl methyl sites for hydroxylation is 1. The lowest BCUT2D eigenvalue weighted by Gasteiger charge is -2.12. The van der Waals surface area contributed by atoms with E-state index < -0.39 is 23.3 Å². The predicted molar refractivity (Wildman–Crippen MR) is 121 cm³/mol. The van der Waals surface area contributed by atoms with Crippen molar-refractivity contribution in [2.45, 2.75) is 18.0 Å². The first-order chi connectivity index (χ1) is 15.3. The molecule has 0 fully saturated rings. The second-order valence-corrected chi connectivity index (χ2v) is 8.61. The molecule has 0 spiro atoms. The Labute approximate surface area is 190 Å². The van der Waals surface area contributed by atoms with E-state index in [0.717, 1.165) is 38.2 Å². The minimum Gasteiger partial charge on any atom is -0.298 e. The van der Waals surface area contributed by atoms with Gasteiger partial charge in [-0.1, -0.05) is 29.8 Å². The van der Waals surface area contributed by atoms with Crippen LogP contribution in [0.2, 0.25) is 0 Å². The van der Waals surface area contributed by atoms with Crippen LogP contribution in [0, 0.1) is 6.92 Å². The van der Waals surface area contributed by atoms with E-state index in [2.05, 4.69) is 15.4 Å². The van der Waals surface area contributed by atoms with Gasteiger partial charge in [0.25, 0.3) is 5.91 Å². The van der Waals surface area contributed by atoms with E-state index in [4.69, 9.17) is 0 Å². The Morgan fingerprint density at radius 3 is 2.41 bits per heavy atom. The summed E-state index contributed by atoms with van der Waals surface area (Å²) in [5.41, 5.74) is 0.886. The van der Waals surface area contributed by atoms with Gasteiger partial charge in [-0.2, -0.15) is 18.3 Å². The van der Waals surface area contributed by atoms with Crippen LogP contribution >= 0.6 is 23.1 Å². The number of amides is 1. The maximum absolute atomic E-state index is 13.8. The second kappa shape index (κ2) is 8.79. The molecule has 0 unspecified atom stereocenters. The molecule has 0 saturated carbocycles. The topological polar surface area (TPSA) is 59.8 Å². The van der Waals surface area contributed by atoms with E-state index in [1.165, 1.54) is 12.1 Å². The quantitative estimate of drug-likeness (QED) is 0.345. The van der Waals surface area contributed by atoms with Crippen LogP contribution in [-0.2, 0) is 6.18 Å². The number of nitrogens with one attached hydrogen (secondary N) is 1. The van der Waals surface area contributed by atoms with Crippen LogP contribution in [0.5, 0.6) is 0 Å². The maximum atomic E-state index is 13.8. The zero-order valence-corrected chi connectivity index (χ0v) is 18.6. The number of carbonyl (C=O) groups is 1. The first kappa shape index (κ1) is 22.1. The minimum absolute atomic E-state index is 0.204. The predicted octanol–water partition coefficient (Wildman–Crippen LogP) is 6.30. The van der Waals surface area contributed by atoms with Crippen LogP contribution < -0.4 is 5.32 Å². The number of aromatic nitrogens is 3. The summed E-state index contributed by atoms with van der Waals surface area (Å²) >= 11 is 2.75. The summed E-state index contributed by atoms with van der Waals surface area (Å²) in [6, 6.07) is 14.1. The average Bonchev–Trinajstić information content (AvgIpc) is 3.42. The molecule has 0 bridgehead atoms. The lowest BCUT2D eigenvalue weighted by molar-refractivity contribution is -0.143. The number of alkyl halides is 3. The molecule has 32 heavy (non-hydrogen) atoms. The van der Waals surface area contributed by atoms with Crippen molar-refractivity contribution in [2.24, 2.45) is 0 Å². The van der Waals surface area contributed by atoms with Crippen LogP contribution in [0.15, 0.2) is 65.0 Å². The summed E-state index contributed by atoms with van der Waals surface area (Å²) in [4.78, 5) is 18.1. The molecule has 2 aromatic heterocycles. The van der Waals surface area contributed by atoms with Gasteiger partial charge in [0, 0.05) is 15.8 Å². The maximum Gasteiger partial charge on any atom is 0.434 e. The number of hydrogen-bond donors (Lipinski definition) is 1. The third-order valence-corrected chi connectivity index (χ3v) is 6.17. The van der Waals surface area contributed by atoms with Crippen molar-refractivity contribution in [1.82, 2.24) is 14.8 Å². The van der Waals surface area contributed by atoms with Gasteiger partial charge in [0.05, 0.1) is 23.1 Å². The summed E-state index contributed by atoms with van der Waals surface area (Å²) in [5, 5.41) is 8.24. The van der Waals surface area contributed by atoms with Gasteiger partial charge in [-0.25, -0.2) is 9.67 Å². The second-order valence-electron chi connectivity index (χ2n) is 6.87. The molecule has 0 aliphatic heterocycles. The van der Waals surface area contributed by atoms with Crippen molar-refractivity contribution in [3.8, 4) is 16.9 Å². The molecule has 1 amide bonds. The molecule has 0 aliphatic carbocycles. The molecule has 164 valence electrons. The molecular weight excluding hydrogens is 457 g/mol. The van der Waals surface area contributed by atoms with E-state index in [0.29, 0.717) is 5.69 Å².